The van der Waals surface area contributed by atoms with Crippen LogP contribution in [-0.2, 0) is 14.3 Å². The van der Waals surface area contributed by atoms with Crippen LogP contribution in [0.25, 0.3) is 0 Å². The Morgan fingerprint density at radius 2 is 1.94 bits per heavy atom. The number of ether oxygens (including phenoxy) is 1. The van der Waals surface area contributed by atoms with Gasteiger partial charge in [-0.2, -0.15) is 0 Å². The Morgan fingerprint density at radius 1 is 1.28 bits per heavy atom. The predicted octanol–water partition coefficient (Wildman–Crippen LogP) is 2.21. The highest BCUT2D eigenvalue weighted by Gasteiger charge is 2.14. The maximum Gasteiger partial charge on any atom is 0.309 e. The molecule has 0 aromatic heterocycles. The number of amides is 1. The molecule has 0 saturated heterocycles. The summed E-state index contributed by atoms with van der Waals surface area (Å²) in [5.41, 5.74) is 0. The maximum absolute atomic E-state index is 11.5. The third-order valence-electron chi connectivity index (χ3n) is 2.38. The van der Waals surface area contributed by atoms with E-state index in [4.69, 9.17) is 4.74 Å². The average molecular weight is 253 g/mol. The number of hydrogen-bond acceptors (Lipinski definition) is 3. The minimum atomic E-state index is -0.262. The van der Waals surface area contributed by atoms with Crippen molar-refractivity contribution in [1.29, 1.82) is 0 Å². The molecule has 0 rings (SSSR count). The number of carbonyl (C=O) groups excluding carboxylic acids is 2. The molecule has 1 N–H and O–H groups in total. The topological polar surface area (TPSA) is 55.4 Å². The molecule has 0 heterocycles. The number of hydrogen-bond donors (Lipinski definition) is 1. The standard InChI is InChI=1S/C14H23NO3/c1-5-7-9-13(16)15-12(4)10-18-14(17)11(3)8-6-2/h5-6,11-12H,1-2,7-10H2,3-4H3,(H,15,16)/t11?,12-/m1/s1. The zero-order valence-corrected chi connectivity index (χ0v) is 11.3. The largest absolute Gasteiger partial charge is 0.463 e. The van der Waals surface area contributed by atoms with Crippen molar-refractivity contribution >= 4 is 11.9 Å². The highest BCUT2D eigenvalue weighted by atomic mass is 16.5. The summed E-state index contributed by atoms with van der Waals surface area (Å²) in [6.07, 6.45) is 5.04. The molecule has 0 aliphatic carbocycles. The highest BCUT2D eigenvalue weighted by molar-refractivity contribution is 5.76. The van der Waals surface area contributed by atoms with E-state index in [2.05, 4.69) is 18.5 Å². The van der Waals surface area contributed by atoms with Crippen molar-refractivity contribution in [2.45, 2.75) is 39.2 Å². The van der Waals surface area contributed by atoms with Gasteiger partial charge in [0.1, 0.15) is 6.61 Å². The van der Waals surface area contributed by atoms with Crippen molar-refractivity contribution in [3.8, 4) is 0 Å². The lowest BCUT2D eigenvalue weighted by Crippen LogP contribution is -2.36. The van der Waals surface area contributed by atoms with Gasteiger partial charge in [-0.15, -0.1) is 13.2 Å². The van der Waals surface area contributed by atoms with Crippen molar-refractivity contribution in [3.05, 3.63) is 25.3 Å². The molecule has 2 atom stereocenters. The summed E-state index contributed by atoms with van der Waals surface area (Å²) in [4.78, 5) is 22.9. The van der Waals surface area contributed by atoms with E-state index in [1.165, 1.54) is 0 Å². The maximum atomic E-state index is 11.5. The lowest BCUT2D eigenvalue weighted by Gasteiger charge is -2.15. The Bertz CT molecular complexity index is 299. The van der Waals surface area contributed by atoms with E-state index in [9.17, 15) is 9.59 Å². The number of allylic oxidation sites excluding steroid dienone is 2. The quantitative estimate of drug-likeness (QED) is 0.506. The van der Waals surface area contributed by atoms with Crippen LogP contribution in [0.1, 0.15) is 33.1 Å². The van der Waals surface area contributed by atoms with Crippen molar-refractivity contribution in [2.75, 3.05) is 6.61 Å². The van der Waals surface area contributed by atoms with Gasteiger partial charge in [-0.05, 0) is 19.8 Å². The summed E-state index contributed by atoms with van der Waals surface area (Å²) in [7, 11) is 0. The Balaban J connectivity index is 3.84. The Hall–Kier alpha value is -1.58. The van der Waals surface area contributed by atoms with Gasteiger partial charge in [-0.1, -0.05) is 19.1 Å². The first-order valence-corrected chi connectivity index (χ1v) is 6.19. The van der Waals surface area contributed by atoms with Crippen LogP contribution in [0.15, 0.2) is 25.3 Å². The Kier molecular flexibility index (Phi) is 8.62. The lowest BCUT2D eigenvalue weighted by molar-refractivity contribution is -0.149. The normalized spacial score (nSPS) is 13.2. The van der Waals surface area contributed by atoms with Crippen molar-refractivity contribution in [1.82, 2.24) is 5.32 Å². The molecule has 18 heavy (non-hydrogen) atoms. The van der Waals surface area contributed by atoms with E-state index in [0.29, 0.717) is 19.3 Å². The fourth-order valence-corrected chi connectivity index (χ4v) is 1.32. The van der Waals surface area contributed by atoms with Gasteiger partial charge < -0.3 is 10.1 Å². The molecule has 0 aromatic rings. The first-order chi connectivity index (χ1) is 8.51. The molecule has 0 saturated carbocycles. The second-order valence-electron chi connectivity index (χ2n) is 4.35. The summed E-state index contributed by atoms with van der Waals surface area (Å²) in [6.45, 7) is 10.9. The number of esters is 1. The molecular formula is C14H23NO3. The molecule has 0 radical (unpaired) electrons. The van der Waals surface area contributed by atoms with E-state index >= 15 is 0 Å². The van der Waals surface area contributed by atoms with Crippen LogP contribution in [0.2, 0.25) is 0 Å². The Morgan fingerprint density at radius 3 is 2.50 bits per heavy atom. The zero-order chi connectivity index (χ0) is 14.0. The van der Waals surface area contributed by atoms with Gasteiger partial charge >= 0.3 is 5.97 Å². The summed E-state index contributed by atoms with van der Waals surface area (Å²) in [5, 5.41) is 2.76. The van der Waals surface area contributed by atoms with Crippen LogP contribution in [0.3, 0.4) is 0 Å². The van der Waals surface area contributed by atoms with Crippen LogP contribution >= 0.6 is 0 Å². The van der Waals surface area contributed by atoms with Gasteiger partial charge in [0.05, 0.1) is 12.0 Å². The van der Waals surface area contributed by atoms with Crippen LogP contribution in [0, 0.1) is 5.92 Å². The van der Waals surface area contributed by atoms with Crippen molar-refractivity contribution in [2.24, 2.45) is 5.92 Å². The van der Waals surface area contributed by atoms with Gasteiger partial charge in [0.2, 0.25) is 5.91 Å². The summed E-state index contributed by atoms with van der Waals surface area (Å²) < 4.78 is 5.10. The lowest BCUT2D eigenvalue weighted by atomic mass is 10.1. The SMILES string of the molecule is C=CCCC(=O)N[C@H](C)COC(=O)C(C)CC=C. The molecule has 4 nitrogen and oxygen atoms in total. The third-order valence-corrected chi connectivity index (χ3v) is 2.38. The second-order valence-corrected chi connectivity index (χ2v) is 4.35. The second kappa shape index (κ2) is 9.45. The van der Waals surface area contributed by atoms with Gasteiger partial charge in [0.15, 0.2) is 0 Å². The molecule has 1 unspecified atom stereocenters. The zero-order valence-electron chi connectivity index (χ0n) is 11.3. The molecular weight excluding hydrogens is 230 g/mol. The highest BCUT2D eigenvalue weighted by Crippen LogP contribution is 2.05. The van der Waals surface area contributed by atoms with E-state index in [-0.39, 0.29) is 30.4 Å². The van der Waals surface area contributed by atoms with Crippen LogP contribution < -0.4 is 5.32 Å². The Labute approximate surface area is 109 Å². The monoisotopic (exact) mass is 253 g/mol. The minimum Gasteiger partial charge on any atom is -0.463 e. The van der Waals surface area contributed by atoms with Gasteiger partial charge in [0, 0.05) is 6.42 Å². The van der Waals surface area contributed by atoms with E-state index in [1.54, 1.807) is 26.0 Å². The number of carbonyl (C=O) groups is 2. The van der Waals surface area contributed by atoms with E-state index in [1.807, 2.05) is 0 Å². The number of rotatable bonds is 9. The molecule has 0 fully saturated rings. The van der Waals surface area contributed by atoms with E-state index in [0.717, 1.165) is 0 Å². The molecule has 0 bridgehead atoms. The minimum absolute atomic E-state index is 0.0578. The van der Waals surface area contributed by atoms with E-state index < -0.39 is 0 Å². The first-order valence-electron chi connectivity index (χ1n) is 6.19. The smallest absolute Gasteiger partial charge is 0.309 e. The van der Waals surface area contributed by atoms with Crippen LogP contribution in [0.4, 0.5) is 0 Å². The average Bonchev–Trinajstić information content (AvgIpc) is 2.33. The first kappa shape index (κ1) is 16.4. The summed E-state index contributed by atoms with van der Waals surface area (Å²) >= 11 is 0. The molecule has 0 aliphatic rings. The summed E-state index contributed by atoms with van der Waals surface area (Å²) in [6, 6.07) is -0.179. The summed E-state index contributed by atoms with van der Waals surface area (Å²) in [5.74, 6) is -0.508. The molecule has 0 aromatic carbocycles. The van der Waals surface area contributed by atoms with Gasteiger partial charge in [-0.3, -0.25) is 9.59 Å². The molecule has 0 aliphatic heterocycles. The predicted molar refractivity (Wildman–Crippen MR) is 72.0 cm³/mol. The van der Waals surface area contributed by atoms with Crippen molar-refractivity contribution in [3.63, 3.8) is 0 Å². The van der Waals surface area contributed by atoms with Crippen LogP contribution in [0.5, 0.6) is 0 Å². The van der Waals surface area contributed by atoms with Crippen molar-refractivity contribution < 1.29 is 14.3 Å². The molecule has 102 valence electrons. The fourth-order valence-electron chi connectivity index (χ4n) is 1.32. The molecule has 4 heteroatoms. The molecule has 0 spiro atoms. The molecule has 1 amide bonds. The van der Waals surface area contributed by atoms with Gasteiger partial charge in [-0.25, -0.2) is 0 Å². The van der Waals surface area contributed by atoms with Gasteiger partial charge in [0.25, 0.3) is 0 Å². The third kappa shape index (κ3) is 7.65. The fraction of sp³-hybridized carbons (Fsp3) is 0.571. The number of nitrogens with one attached hydrogen (secondary N) is 1. The van der Waals surface area contributed by atoms with Crippen LogP contribution in [-0.4, -0.2) is 24.5 Å².